The molecule has 0 aromatic heterocycles. The highest BCUT2D eigenvalue weighted by atomic mass is 79.9. The number of rotatable bonds is 3. The molecule has 2 aromatic carbocycles. The molecule has 0 aliphatic heterocycles. The second kappa shape index (κ2) is 5.87. The van der Waals surface area contributed by atoms with Gasteiger partial charge in [0.1, 0.15) is 0 Å². The zero-order chi connectivity index (χ0) is 13.1. The molecule has 0 atom stereocenters. The fourth-order valence-electron chi connectivity index (χ4n) is 1.63. The van der Waals surface area contributed by atoms with Crippen LogP contribution < -0.4 is 5.06 Å². The van der Waals surface area contributed by atoms with E-state index in [0.29, 0.717) is 6.54 Å². The third kappa shape index (κ3) is 3.13. The van der Waals surface area contributed by atoms with Gasteiger partial charge in [0.05, 0.1) is 12.2 Å². The van der Waals surface area contributed by atoms with Gasteiger partial charge in [0.15, 0.2) is 0 Å². The molecule has 0 heterocycles. The van der Waals surface area contributed by atoms with Crippen LogP contribution in [0.1, 0.15) is 11.1 Å². The quantitative estimate of drug-likeness (QED) is 0.775. The van der Waals surface area contributed by atoms with Gasteiger partial charge in [-0.15, -0.1) is 0 Å². The van der Waals surface area contributed by atoms with Crippen molar-refractivity contribution in [2.45, 2.75) is 13.5 Å². The van der Waals surface area contributed by atoms with Crippen molar-refractivity contribution in [3.05, 3.63) is 62.5 Å². The lowest BCUT2D eigenvalue weighted by molar-refractivity contribution is 0.250. The normalized spacial score (nSPS) is 10.4. The van der Waals surface area contributed by atoms with Crippen LogP contribution in [-0.4, -0.2) is 5.21 Å². The fourth-order valence-corrected chi connectivity index (χ4v) is 2.79. The molecule has 4 heteroatoms. The Kier molecular flexibility index (Phi) is 4.43. The van der Waals surface area contributed by atoms with Crippen molar-refractivity contribution in [2.24, 2.45) is 0 Å². The molecule has 0 spiro atoms. The van der Waals surface area contributed by atoms with E-state index in [1.54, 1.807) is 0 Å². The van der Waals surface area contributed by atoms with Gasteiger partial charge in [0.25, 0.3) is 0 Å². The summed E-state index contributed by atoms with van der Waals surface area (Å²) in [6.45, 7) is 2.47. The minimum absolute atomic E-state index is 0.461. The van der Waals surface area contributed by atoms with Gasteiger partial charge in [0, 0.05) is 8.95 Å². The van der Waals surface area contributed by atoms with Crippen LogP contribution in [0.15, 0.2) is 51.4 Å². The molecule has 0 saturated heterocycles. The van der Waals surface area contributed by atoms with Gasteiger partial charge < -0.3 is 0 Å². The van der Waals surface area contributed by atoms with Crippen LogP contribution in [0.25, 0.3) is 0 Å². The highest BCUT2D eigenvalue weighted by molar-refractivity contribution is 9.11. The number of anilines is 1. The first-order valence-electron chi connectivity index (χ1n) is 5.54. The Bertz CT molecular complexity index is 520. The summed E-state index contributed by atoms with van der Waals surface area (Å²) in [6, 6.07) is 13.7. The maximum Gasteiger partial charge on any atom is 0.0703 e. The molecule has 0 fully saturated rings. The third-order valence-corrected chi connectivity index (χ3v) is 4.39. The first-order chi connectivity index (χ1) is 8.58. The van der Waals surface area contributed by atoms with E-state index in [4.69, 9.17) is 0 Å². The maximum atomic E-state index is 10.1. The van der Waals surface area contributed by atoms with Crippen molar-refractivity contribution in [1.29, 1.82) is 0 Å². The van der Waals surface area contributed by atoms with Crippen LogP contribution in [0, 0.1) is 6.92 Å². The van der Waals surface area contributed by atoms with E-state index in [0.717, 1.165) is 25.8 Å². The monoisotopic (exact) mass is 369 g/mol. The molecule has 0 aliphatic carbocycles. The molecular weight excluding hydrogens is 358 g/mol. The zero-order valence-corrected chi connectivity index (χ0v) is 13.1. The van der Waals surface area contributed by atoms with Gasteiger partial charge in [-0.1, -0.05) is 62.2 Å². The van der Waals surface area contributed by atoms with Gasteiger partial charge in [-0.3, -0.25) is 10.3 Å². The van der Waals surface area contributed by atoms with Gasteiger partial charge in [-0.25, -0.2) is 0 Å². The largest absolute Gasteiger partial charge is 0.288 e. The summed E-state index contributed by atoms with van der Waals surface area (Å²) in [5.41, 5.74) is 2.93. The summed E-state index contributed by atoms with van der Waals surface area (Å²) in [5, 5.41) is 11.3. The zero-order valence-electron chi connectivity index (χ0n) is 9.90. The highest BCUT2D eigenvalue weighted by Gasteiger charge is 2.08. The van der Waals surface area contributed by atoms with E-state index >= 15 is 0 Å². The Balaban J connectivity index is 2.22. The first kappa shape index (κ1) is 13.6. The number of hydroxylamine groups is 1. The molecule has 0 saturated carbocycles. The lowest BCUT2D eigenvalue weighted by Gasteiger charge is -2.18. The predicted molar refractivity (Wildman–Crippen MR) is 81.0 cm³/mol. The van der Waals surface area contributed by atoms with E-state index in [1.807, 2.05) is 49.4 Å². The SMILES string of the molecule is Cc1c(Br)cc(N(O)Cc2ccccc2)cc1Br. The predicted octanol–water partition coefficient (Wildman–Crippen LogP) is 4.92. The van der Waals surface area contributed by atoms with Crippen LogP contribution in [0.5, 0.6) is 0 Å². The Hall–Kier alpha value is -0.840. The maximum absolute atomic E-state index is 10.1. The molecule has 0 bridgehead atoms. The van der Waals surface area contributed by atoms with E-state index in [1.165, 1.54) is 5.06 Å². The van der Waals surface area contributed by atoms with Crippen LogP contribution in [0.2, 0.25) is 0 Å². The second-order valence-corrected chi connectivity index (χ2v) is 5.79. The number of nitrogens with zero attached hydrogens (tertiary/aromatic N) is 1. The minimum Gasteiger partial charge on any atom is -0.288 e. The fraction of sp³-hybridized carbons (Fsp3) is 0.143. The smallest absolute Gasteiger partial charge is 0.0703 e. The number of hydrogen-bond acceptors (Lipinski definition) is 2. The van der Waals surface area contributed by atoms with Gasteiger partial charge in [-0.2, -0.15) is 0 Å². The van der Waals surface area contributed by atoms with E-state index in [2.05, 4.69) is 31.9 Å². The summed E-state index contributed by atoms with van der Waals surface area (Å²) in [4.78, 5) is 0. The minimum atomic E-state index is 0.461. The molecule has 2 aromatic rings. The average Bonchev–Trinajstić information content (AvgIpc) is 2.36. The number of hydrogen-bond donors (Lipinski definition) is 1. The Morgan fingerprint density at radius 1 is 1.06 bits per heavy atom. The van der Waals surface area contributed by atoms with Crippen LogP contribution >= 0.6 is 31.9 Å². The molecule has 18 heavy (non-hydrogen) atoms. The number of benzene rings is 2. The van der Waals surface area contributed by atoms with Crippen LogP contribution in [-0.2, 0) is 6.54 Å². The summed E-state index contributed by atoms with van der Waals surface area (Å²) in [5.74, 6) is 0. The Labute approximate surface area is 123 Å². The average molecular weight is 371 g/mol. The summed E-state index contributed by atoms with van der Waals surface area (Å²) in [7, 11) is 0. The van der Waals surface area contributed by atoms with Crippen LogP contribution in [0.4, 0.5) is 5.69 Å². The van der Waals surface area contributed by atoms with Crippen molar-refractivity contribution < 1.29 is 5.21 Å². The molecular formula is C14H13Br2NO. The molecule has 0 unspecified atom stereocenters. The summed E-state index contributed by atoms with van der Waals surface area (Å²) < 4.78 is 1.94. The first-order valence-corrected chi connectivity index (χ1v) is 7.12. The number of halogens is 2. The topological polar surface area (TPSA) is 23.5 Å². The summed E-state index contributed by atoms with van der Waals surface area (Å²) >= 11 is 6.97. The lowest BCUT2D eigenvalue weighted by Crippen LogP contribution is -2.17. The van der Waals surface area contributed by atoms with Crippen molar-refractivity contribution in [2.75, 3.05) is 5.06 Å². The molecule has 1 N–H and O–H groups in total. The molecule has 2 nitrogen and oxygen atoms in total. The molecule has 0 aliphatic rings. The van der Waals surface area contributed by atoms with Gasteiger partial charge >= 0.3 is 0 Å². The van der Waals surface area contributed by atoms with Crippen molar-refractivity contribution >= 4 is 37.5 Å². The van der Waals surface area contributed by atoms with Crippen molar-refractivity contribution in [3.63, 3.8) is 0 Å². The lowest BCUT2D eigenvalue weighted by atomic mass is 10.2. The molecule has 2 rings (SSSR count). The molecule has 0 amide bonds. The second-order valence-electron chi connectivity index (χ2n) is 4.08. The van der Waals surface area contributed by atoms with Crippen molar-refractivity contribution in [3.8, 4) is 0 Å². The van der Waals surface area contributed by atoms with Gasteiger partial charge in [0.2, 0.25) is 0 Å². The van der Waals surface area contributed by atoms with E-state index < -0.39 is 0 Å². The Morgan fingerprint density at radius 3 is 2.17 bits per heavy atom. The van der Waals surface area contributed by atoms with Crippen LogP contribution in [0.3, 0.4) is 0 Å². The summed E-state index contributed by atoms with van der Waals surface area (Å²) in [6.07, 6.45) is 0. The van der Waals surface area contributed by atoms with Crippen molar-refractivity contribution in [1.82, 2.24) is 0 Å². The highest BCUT2D eigenvalue weighted by Crippen LogP contribution is 2.30. The molecule has 94 valence electrons. The third-order valence-electron chi connectivity index (χ3n) is 2.74. The van der Waals surface area contributed by atoms with E-state index in [-0.39, 0.29) is 0 Å². The molecule has 0 radical (unpaired) electrons. The Morgan fingerprint density at radius 2 is 1.61 bits per heavy atom. The van der Waals surface area contributed by atoms with E-state index in [9.17, 15) is 5.21 Å². The van der Waals surface area contributed by atoms with Gasteiger partial charge in [-0.05, 0) is 30.2 Å². The standard InChI is InChI=1S/C14H13Br2NO/c1-10-13(15)7-12(8-14(10)16)17(18)9-11-5-3-2-4-6-11/h2-8,18H,9H2,1H3.